The van der Waals surface area contributed by atoms with E-state index in [2.05, 4.69) is 47.1 Å². The normalized spacial score (nSPS) is 19.3. The van der Waals surface area contributed by atoms with Crippen molar-refractivity contribution in [3.05, 3.63) is 53.9 Å². The smallest absolute Gasteiger partial charge is 0.0600 e. The average Bonchev–Trinajstić information content (AvgIpc) is 2.74. The zero-order chi connectivity index (χ0) is 13.4. The van der Waals surface area contributed by atoms with Gasteiger partial charge in [0, 0.05) is 17.8 Å². The molecule has 0 radical (unpaired) electrons. The Bertz CT molecular complexity index is 575. The second kappa shape index (κ2) is 4.67. The molecule has 2 heterocycles. The Kier molecular flexibility index (Phi) is 2.99. The molecule has 0 spiro atoms. The van der Waals surface area contributed by atoms with Crippen molar-refractivity contribution in [2.75, 3.05) is 4.90 Å². The molecule has 1 aliphatic heterocycles. The number of fused-ring (bicyclic) bond motifs is 1. The van der Waals surface area contributed by atoms with E-state index in [-0.39, 0.29) is 6.04 Å². The van der Waals surface area contributed by atoms with Gasteiger partial charge in [-0.25, -0.2) is 0 Å². The summed E-state index contributed by atoms with van der Waals surface area (Å²) in [5, 5.41) is 0. The first-order chi connectivity index (χ1) is 9.16. The van der Waals surface area contributed by atoms with E-state index in [0.29, 0.717) is 6.04 Å². The quantitative estimate of drug-likeness (QED) is 0.893. The van der Waals surface area contributed by atoms with Crippen LogP contribution in [0.2, 0.25) is 0 Å². The SMILES string of the molecule is CC(N)c1ccc(N2c3ccccc3CC2C)cn1. The average molecular weight is 253 g/mol. The van der Waals surface area contributed by atoms with Gasteiger partial charge in [-0.1, -0.05) is 18.2 Å². The Morgan fingerprint density at radius 3 is 2.74 bits per heavy atom. The van der Waals surface area contributed by atoms with Crippen LogP contribution in [0.25, 0.3) is 0 Å². The number of hydrogen-bond acceptors (Lipinski definition) is 3. The van der Waals surface area contributed by atoms with Crippen LogP contribution in [0.5, 0.6) is 0 Å². The van der Waals surface area contributed by atoms with Crippen molar-refractivity contribution >= 4 is 11.4 Å². The van der Waals surface area contributed by atoms with Crippen molar-refractivity contribution in [3.63, 3.8) is 0 Å². The lowest BCUT2D eigenvalue weighted by Gasteiger charge is -2.25. The Labute approximate surface area is 114 Å². The third-order valence-corrected chi connectivity index (χ3v) is 3.72. The third-order valence-electron chi connectivity index (χ3n) is 3.72. The second-order valence-corrected chi connectivity index (χ2v) is 5.28. The molecule has 0 aliphatic carbocycles. The summed E-state index contributed by atoms with van der Waals surface area (Å²) in [6.45, 7) is 4.20. The van der Waals surface area contributed by atoms with Gasteiger partial charge < -0.3 is 10.6 Å². The van der Waals surface area contributed by atoms with E-state index >= 15 is 0 Å². The summed E-state index contributed by atoms with van der Waals surface area (Å²) >= 11 is 0. The highest BCUT2D eigenvalue weighted by Gasteiger charge is 2.26. The lowest BCUT2D eigenvalue weighted by molar-refractivity contribution is 0.751. The minimum absolute atomic E-state index is 0.0164. The molecule has 1 aliphatic rings. The van der Waals surface area contributed by atoms with Gasteiger partial charge in [0.2, 0.25) is 0 Å². The number of rotatable bonds is 2. The van der Waals surface area contributed by atoms with Crippen LogP contribution in [-0.4, -0.2) is 11.0 Å². The summed E-state index contributed by atoms with van der Waals surface area (Å²) in [6, 6.07) is 13.2. The molecular weight excluding hydrogens is 234 g/mol. The Morgan fingerprint density at radius 2 is 2.05 bits per heavy atom. The third kappa shape index (κ3) is 2.10. The zero-order valence-corrected chi connectivity index (χ0v) is 11.4. The van der Waals surface area contributed by atoms with E-state index in [1.54, 1.807) is 0 Å². The molecule has 3 heteroatoms. The predicted molar refractivity (Wildman–Crippen MR) is 78.6 cm³/mol. The monoisotopic (exact) mass is 253 g/mol. The van der Waals surface area contributed by atoms with E-state index in [1.807, 2.05) is 19.2 Å². The Hall–Kier alpha value is -1.87. The number of nitrogens with zero attached hydrogens (tertiary/aromatic N) is 2. The van der Waals surface area contributed by atoms with Gasteiger partial charge in [-0.2, -0.15) is 0 Å². The molecule has 2 unspecified atom stereocenters. The highest BCUT2D eigenvalue weighted by Crippen LogP contribution is 2.37. The number of aromatic nitrogens is 1. The van der Waals surface area contributed by atoms with Gasteiger partial charge in [-0.05, 0) is 44.0 Å². The molecule has 1 aromatic carbocycles. The molecule has 3 rings (SSSR count). The van der Waals surface area contributed by atoms with Crippen LogP contribution in [0, 0.1) is 0 Å². The fourth-order valence-electron chi connectivity index (χ4n) is 2.77. The molecule has 1 aromatic heterocycles. The molecular formula is C16H19N3. The molecule has 0 bridgehead atoms. The first-order valence-corrected chi connectivity index (χ1v) is 6.75. The second-order valence-electron chi connectivity index (χ2n) is 5.28. The van der Waals surface area contributed by atoms with Crippen LogP contribution < -0.4 is 10.6 Å². The molecule has 0 saturated heterocycles. The van der Waals surface area contributed by atoms with E-state index in [4.69, 9.17) is 5.73 Å². The number of nitrogens with two attached hydrogens (primary N) is 1. The Balaban J connectivity index is 1.98. The summed E-state index contributed by atoms with van der Waals surface area (Å²) in [6.07, 6.45) is 3.02. The fourth-order valence-corrected chi connectivity index (χ4v) is 2.77. The van der Waals surface area contributed by atoms with Crippen LogP contribution in [0.3, 0.4) is 0 Å². The van der Waals surface area contributed by atoms with Gasteiger partial charge in [-0.15, -0.1) is 0 Å². The highest BCUT2D eigenvalue weighted by molar-refractivity contribution is 5.70. The van der Waals surface area contributed by atoms with Gasteiger partial charge in [0.25, 0.3) is 0 Å². The molecule has 19 heavy (non-hydrogen) atoms. The fraction of sp³-hybridized carbons (Fsp3) is 0.312. The first-order valence-electron chi connectivity index (χ1n) is 6.75. The minimum Gasteiger partial charge on any atom is -0.337 e. The van der Waals surface area contributed by atoms with Gasteiger partial charge >= 0.3 is 0 Å². The number of pyridine rings is 1. The lowest BCUT2D eigenvalue weighted by Crippen LogP contribution is -2.24. The molecule has 2 N–H and O–H groups in total. The number of benzene rings is 1. The van der Waals surface area contributed by atoms with Crippen LogP contribution in [0.4, 0.5) is 11.4 Å². The zero-order valence-electron chi connectivity index (χ0n) is 11.4. The van der Waals surface area contributed by atoms with Crippen LogP contribution >= 0.6 is 0 Å². The van der Waals surface area contributed by atoms with Crippen molar-refractivity contribution in [2.45, 2.75) is 32.4 Å². The first kappa shape index (κ1) is 12.2. The van der Waals surface area contributed by atoms with Crippen molar-refractivity contribution in [3.8, 4) is 0 Å². The molecule has 0 fully saturated rings. The summed E-state index contributed by atoms with van der Waals surface area (Å²) in [5.74, 6) is 0. The minimum atomic E-state index is -0.0164. The van der Waals surface area contributed by atoms with Crippen LogP contribution in [-0.2, 0) is 6.42 Å². The van der Waals surface area contributed by atoms with E-state index < -0.39 is 0 Å². The number of anilines is 2. The summed E-state index contributed by atoms with van der Waals surface area (Å²) in [7, 11) is 0. The largest absolute Gasteiger partial charge is 0.337 e. The summed E-state index contributed by atoms with van der Waals surface area (Å²) in [4.78, 5) is 6.82. The molecule has 3 nitrogen and oxygen atoms in total. The van der Waals surface area contributed by atoms with Gasteiger partial charge in [-0.3, -0.25) is 4.98 Å². The van der Waals surface area contributed by atoms with Crippen molar-refractivity contribution in [1.82, 2.24) is 4.98 Å². The molecule has 0 saturated carbocycles. The van der Waals surface area contributed by atoms with E-state index in [1.165, 1.54) is 11.3 Å². The lowest BCUT2D eigenvalue weighted by atomic mass is 10.1. The summed E-state index contributed by atoms with van der Waals surface area (Å²) in [5.41, 5.74) is 10.6. The standard InChI is InChI=1S/C16H19N3/c1-11-9-13-5-3-4-6-16(13)19(11)14-7-8-15(12(2)17)18-10-14/h3-8,10-12H,9,17H2,1-2H3. The number of para-hydroxylation sites is 1. The van der Waals surface area contributed by atoms with Crippen LogP contribution in [0.15, 0.2) is 42.6 Å². The molecule has 0 amide bonds. The summed E-state index contributed by atoms with van der Waals surface area (Å²) < 4.78 is 0. The number of hydrogen-bond donors (Lipinski definition) is 1. The molecule has 2 aromatic rings. The maximum atomic E-state index is 5.84. The van der Waals surface area contributed by atoms with E-state index in [0.717, 1.165) is 17.8 Å². The van der Waals surface area contributed by atoms with Crippen LogP contribution in [0.1, 0.15) is 31.1 Å². The highest BCUT2D eigenvalue weighted by atomic mass is 15.2. The van der Waals surface area contributed by atoms with E-state index in [9.17, 15) is 0 Å². The predicted octanol–water partition coefficient (Wildman–Crippen LogP) is 3.18. The van der Waals surface area contributed by atoms with Crippen molar-refractivity contribution < 1.29 is 0 Å². The molecule has 2 atom stereocenters. The van der Waals surface area contributed by atoms with Gasteiger partial charge in [0.05, 0.1) is 17.6 Å². The maximum absolute atomic E-state index is 5.84. The Morgan fingerprint density at radius 1 is 1.26 bits per heavy atom. The van der Waals surface area contributed by atoms with Crippen molar-refractivity contribution in [2.24, 2.45) is 5.73 Å². The maximum Gasteiger partial charge on any atom is 0.0600 e. The van der Waals surface area contributed by atoms with Gasteiger partial charge in [0.15, 0.2) is 0 Å². The molecule has 98 valence electrons. The van der Waals surface area contributed by atoms with Gasteiger partial charge in [0.1, 0.15) is 0 Å². The van der Waals surface area contributed by atoms with Crippen molar-refractivity contribution in [1.29, 1.82) is 0 Å². The topological polar surface area (TPSA) is 42.1 Å².